The van der Waals surface area contributed by atoms with Gasteiger partial charge in [0, 0.05) is 37.9 Å². The van der Waals surface area contributed by atoms with E-state index in [1.807, 2.05) is 18.2 Å². The lowest BCUT2D eigenvalue weighted by molar-refractivity contribution is -0.182. The van der Waals surface area contributed by atoms with Gasteiger partial charge in [-0.15, -0.1) is 0 Å². The highest BCUT2D eigenvalue weighted by Crippen LogP contribution is 2.25. The lowest BCUT2D eigenvalue weighted by Gasteiger charge is -2.31. The third-order valence-electron chi connectivity index (χ3n) is 7.90. The van der Waals surface area contributed by atoms with Crippen LogP contribution < -0.4 is 10.6 Å². The van der Waals surface area contributed by atoms with E-state index in [4.69, 9.17) is 9.57 Å². The van der Waals surface area contributed by atoms with E-state index in [2.05, 4.69) is 16.7 Å². The van der Waals surface area contributed by atoms with Crippen molar-refractivity contribution in [2.75, 3.05) is 31.6 Å². The van der Waals surface area contributed by atoms with Gasteiger partial charge in [0.2, 0.25) is 0 Å². The molecule has 2 aromatic rings. The fraction of sp³-hybridized carbons (Fsp3) is 0.588. The van der Waals surface area contributed by atoms with Crippen LogP contribution in [0.3, 0.4) is 0 Å². The molecule has 0 spiro atoms. The monoisotopic (exact) mass is 613 g/mol. The molecule has 244 valence electrons. The molecular weight excluding hydrogens is 562 g/mol. The summed E-state index contributed by atoms with van der Waals surface area (Å²) in [5, 5.41) is 36.6. The Morgan fingerprint density at radius 1 is 0.977 bits per heavy atom. The number of hydroxylamine groups is 2. The normalized spacial score (nSPS) is 14.2. The minimum absolute atomic E-state index is 0.0335. The number of anilines is 1. The molecule has 0 bridgehead atoms. The maximum Gasteiger partial charge on any atom is 0.355 e. The van der Waals surface area contributed by atoms with Gasteiger partial charge in [-0.05, 0) is 86.9 Å². The van der Waals surface area contributed by atoms with E-state index in [1.54, 1.807) is 12.1 Å². The van der Waals surface area contributed by atoms with Crippen LogP contribution in [0.2, 0.25) is 0 Å². The summed E-state index contributed by atoms with van der Waals surface area (Å²) in [5.41, 5.74) is 2.92. The van der Waals surface area contributed by atoms with Crippen LogP contribution >= 0.6 is 0 Å². The number of aryl methyl sites for hydroxylation is 1. The van der Waals surface area contributed by atoms with Crippen molar-refractivity contribution >= 4 is 17.7 Å². The maximum absolute atomic E-state index is 12.9. The molecule has 0 heterocycles. The molecule has 5 N–H and O–H groups in total. The molecule has 1 saturated carbocycles. The molecule has 0 saturated heterocycles. The minimum atomic E-state index is -0.685. The molecule has 3 rings (SSSR count). The molecule has 0 aromatic heterocycles. The summed E-state index contributed by atoms with van der Waals surface area (Å²) in [6, 6.07) is 12.1. The first-order valence-electron chi connectivity index (χ1n) is 16.1. The molecule has 1 atom stereocenters. The highest BCUT2D eigenvalue weighted by atomic mass is 16.7. The van der Waals surface area contributed by atoms with Crippen LogP contribution in [0.5, 0.6) is 5.75 Å². The topological polar surface area (TPSA) is 141 Å². The number of urea groups is 1. The number of amides is 2. The van der Waals surface area contributed by atoms with Gasteiger partial charge in [0.1, 0.15) is 5.75 Å². The molecule has 1 aliphatic rings. The number of hydrogen-bond donors (Lipinski definition) is 5. The number of aliphatic hydroxyl groups is 2. The average Bonchev–Trinajstić information content (AvgIpc) is 3.02. The Labute approximate surface area is 261 Å². The minimum Gasteiger partial charge on any atom is -0.508 e. The van der Waals surface area contributed by atoms with E-state index < -0.39 is 18.1 Å². The molecule has 1 fully saturated rings. The number of rotatable bonds is 18. The van der Waals surface area contributed by atoms with Crippen LogP contribution in [0.4, 0.5) is 10.5 Å². The lowest BCUT2D eigenvalue weighted by atomic mass is 9.95. The first-order chi connectivity index (χ1) is 21.4. The summed E-state index contributed by atoms with van der Waals surface area (Å²) in [5.74, 6) is -0.458. The molecule has 10 heteroatoms. The lowest BCUT2D eigenvalue weighted by Crippen LogP contribution is -2.44. The predicted octanol–water partition coefficient (Wildman–Crippen LogP) is 5.75. The summed E-state index contributed by atoms with van der Waals surface area (Å²) in [4.78, 5) is 29.8. The van der Waals surface area contributed by atoms with Crippen molar-refractivity contribution in [3.8, 4) is 5.75 Å². The number of aromatic hydroxyl groups is 1. The highest BCUT2D eigenvalue weighted by molar-refractivity contribution is 5.89. The largest absolute Gasteiger partial charge is 0.508 e. The third kappa shape index (κ3) is 12.8. The Hall–Kier alpha value is -3.18. The van der Waals surface area contributed by atoms with Crippen LogP contribution in [0, 0.1) is 0 Å². The van der Waals surface area contributed by atoms with Crippen LogP contribution in [0.1, 0.15) is 100 Å². The van der Waals surface area contributed by atoms with Gasteiger partial charge in [-0.2, -0.15) is 5.06 Å². The first kappa shape index (κ1) is 35.3. The van der Waals surface area contributed by atoms with Crippen LogP contribution in [0.25, 0.3) is 0 Å². The molecule has 0 aliphatic heterocycles. The van der Waals surface area contributed by atoms with E-state index in [1.165, 1.54) is 18.1 Å². The Morgan fingerprint density at radius 2 is 1.73 bits per heavy atom. The number of ether oxygens (including phenoxy) is 1. The second-order valence-electron chi connectivity index (χ2n) is 11.6. The summed E-state index contributed by atoms with van der Waals surface area (Å²) in [6.07, 6.45) is 11.3. The standard InChI is InChI=1S/C34H51N3O7/c1-26(39)44-37(31-15-5-4-6-16-31)34(42)36-30-14-11-13-27(22-30)12-7-10-21-43-20-9-3-2-8-19-35-24-33(41)28-17-18-32(40)29(23-28)25-38/h11,13-14,17-18,22-23,31,33,35,38,40-41H,2-10,12,15-16,19-21,24-25H2,1H3,(H,36,42)/t33-/m0/s1. The molecule has 0 unspecified atom stereocenters. The summed E-state index contributed by atoms with van der Waals surface area (Å²) in [6.45, 7) is 3.78. The molecule has 10 nitrogen and oxygen atoms in total. The van der Waals surface area contributed by atoms with Crippen LogP contribution in [-0.4, -0.2) is 64.7 Å². The number of carbonyl (C=O) groups excluding carboxylic acids is 2. The molecule has 2 amide bonds. The number of unbranched alkanes of at least 4 members (excludes halogenated alkanes) is 4. The Balaban J connectivity index is 1.21. The van der Waals surface area contributed by atoms with Crippen LogP contribution in [0.15, 0.2) is 42.5 Å². The number of hydrogen-bond acceptors (Lipinski definition) is 8. The number of nitrogens with one attached hydrogen (secondary N) is 2. The summed E-state index contributed by atoms with van der Waals surface area (Å²) >= 11 is 0. The highest BCUT2D eigenvalue weighted by Gasteiger charge is 2.28. The van der Waals surface area contributed by atoms with Crippen molar-refractivity contribution in [3.63, 3.8) is 0 Å². The van der Waals surface area contributed by atoms with Gasteiger partial charge < -0.3 is 35.5 Å². The molecular formula is C34H51N3O7. The SMILES string of the molecule is CC(=O)ON(C(=O)Nc1cccc(CCCCOCCCCCCNC[C@H](O)c2ccc(O)c(CO)c2)c1)C1CCCCC1. The number of nitrogens with zero attached hydrogens (tertiary/aromatic N) is 1. The van der Waals surface area contributed by atoms with E-state index in [0.717, 1.165) is 102 Å². The fourth-order valence-electron chi connectivity index (χ4n) is 5.46. The zero-order chi connectivity index (χ0) is 31.6. The number of carbonyl (C=O) groups is 2. The fourth-order valence-corrected chi connectivity index (χ4v) is 5.46. The van der Waals surface area contributed by atoms with Crippen molar-refractivity contribution in [3.05, 3.63) is 59.2 Å². The van der Waals surface area contributed by atoms with Crippen molar-refractivity contribution < 1.29 is 34.5 Å². The first-order valence-corrected chi connectivity index (χ1v) is 16.1. The number of aliphatic hydroxyl groups excluding tert-OH is 2. The van der Waals surface area contributed by atoms with Crippen LogP contribution in [-0.2, 0) is 27.4 Å². The smallest absolute Gasteiger partial charge is 0.355 e. The molecule has 44 heavy (non-hydrogen) atoms. The Kier molecular flexibility index (Phi) is 16.0. The van der Waals surface area contributed by atoms with Gasteiger partial charge in [0.05, 0.1) is 18.8 Å². The Bertz CT molecular complexity index is 1140. The predicted molar refractivity (Wildman–Crippen MR) is 170 cm³/mol. The van der Waals surface area contributed by atoms with E-state index in [0.29, 0.717) is 23.4 Å². The van der Waals surface area contributed by atoms with Crippen molar-refractivity contribution in [1.29, 1.82) is 0 Å². The van der Waals surface area contributed by atoms with Gasteiger partial charge in [-0.25, -0.2) is 4.79 Å². The van der Waals surface area contributed by atoms with Gasteiger partial charge in [-0.3, -0.25) is 4.79 Å². The Morgan fingerprint density at radius 3 is 2.48 bits per heavy atom. The number of benzene rings is 2. The maximum atomic E-state index is 12.9. The zero-order valence-corrected chi connectivity index (χ0v) is 26.1. The summed E-state index contributed by atoms with van der Waals surface area (Å²) in [7, 11) is 0. The van der Waals surface area contributed by atoms with Gasteiger partial charge in [0.25, 0.3) is 0 Å². The molecule has 0 radical (unpaired) electrons. The average molecular weight is 614 g/mol. The van der Waals surface area contributed by atoms with E-state index in [9.17, 15) is 24.9 Å². The van der Waals surface area contributed by atoms with Gasteiger partial charge in [0.15, 0.2) is 0 Å². The van der Waals surface area contributed by atoms with Crippen molar-refractivity contribution in [2.24, 2.45) is 0 Å². The third-order valence-corrected chi connectivity index (χ3v) is 7.90. The second-order valence-corrected chi connectivity index (χ2v) is 11.6. The number of phenols is 1. The summed E-state index contributed by atoms with van der Waals surface area (Å²) < 4.78 is 5.81. The van der Waals surface area contributed by atoms with E-state index in [-0.39, 0.29) is 18.4 Å². The van der Waals surface area contributed by atoms with Gasteiger partial charge >= 0.3 is 12.0 Å². The molecule has 2 aromatic carbocycles. The quantitative estimate of drug-likeness (QED) is 0.106. The van der Waals surface area contributed by atoms with Gasteiger partial charge in [-0.1, -0.05) is 50.3 Å². The zero-order valence-electron chi connectivity index (χ0n) is 26.1. The molecule has 1 aliphatic carbocycles. The van der Waals surface area contributed by atoms with Crippen molar-refractivity contribution in [2.45, 2.75) is 103 Å². The van der Waals surface area contributed by atoms with Crippen molar-refractivity contribution in [1.82, 2.24) is 10.4 Å². The second kappa shape index (κ2) is 20.0. The van der Waals surface area contributed by atoms with E-state index >= 15 is 0 Å².